The molecule has 1 heterocycles. The summed E-state index contributed by atoms with van der Waals surface area (Å²) in [6.45, 7) is 3.27. The van der Waals surface area contributed by atoms with E-state index in [1.165, 1.54) is 10.6 Å². The summed E-state index contributed by atoms with van der Waals surface area (Å²) in [5.74, 6) is 0.686. The van der Waals surface area contributed by atoms with Crippen molar-refractivity contribution in [3.05, 3.63) is 24.3 Å². The van der Waals surface area contributed by atoms with Crippen molar-refractivity contribution in [1.82, 2.24) is 9.62 Å². The fraction of sp³-hybridized carbons (Fsp3) is 0.533. The van der Waals surface area contributed by atoms with E-state index < -0.39 is 10.0 Å². The van der Waals surface area contributed by atoms with E-state index in [0.717, 1.165) is 12.8 Å². The van der Waals surface area contributed by atoms with Gasteiger partial charge in [-0.2, -0.15) is 0 Å². The number of benzene rings is 1. The summed E-state index contributed by atoms with van der Waals surface area (Å²) >= 11 is 0. The molecule has 0 aliphatic carbocycles. The molecule has 2 amide bonds. The van der Waals surface area contributed by atoms with Crippen LogP contribution in [-0.4, -0.2) is 50.7 Å². The van der Waals surface area contributed by atoms with Crippen molar-refractivity contribution in [2.45, 2.75) is 25.8 Å². The lowest BCUT2D eigenvalue weighted by atomic mass is 10.1. The molecular formula is C15H23N3O4S. The topological polar surface area (TPSA) is 87.7 Å². The van der Waals surface area contributed by atoms with Crippen LogP contribution in [0, 0.1) is 0 Å². The number of carbonyl (C=O) groups is 1. The van der Waals surface area contributed by atoms with Gasteiger partial charge < -0.3 is 15.4 Å². The van der Waals surface area contributed by atoms with Gasteiger partial charge >= 0.3 is 6.03 Å². The molecule has 23 heavy (non-hydrogen) atoms. The fourth-order valence-corrected chi connectivity index (χ4v) is 3.46. The Morgan fingerprint density at radius 2 is 2.22 bits per heavy atom. The van der Waals surface area contributed by atoms with E-state index in [4.69, 9.17) is 4.74 Å². The average Bonchev–Trinajstić information content (AvgIpc) is 2.47. The van der Waals surface area contributed by atoms with Gasteiger partial charge in [-0.25, -0.2) is 17.5 Å². The second-order valence-electron chi connectivity index (χ2n) is 5.52. The number of sulfonamides is 1. The van der Waals surface area contributed by atoms with E-state index in [2.05, 4.69) is 10.6 Å². The van der Waals surface area contributed by atoms with Gasteiger partial charge in [0.1, 0.15) is 5.75 Å². The second kappa shape index (κ2) is 7.65. The Morgan fingerprint density at radius 3 is 2.91 bits per heavy atom. The number of nitrogens with one attached hydrogen (secondary N) is 2. The van der Waals surface area contributed by atoms with E-state index in [1.807, 2.05) is 13.0 Å². The maximum Gasteiger partial charge on any atom is 0.319 e. The minimum absolute atomic E-state index is 0.187. The summed E-state index contributed by atoms with van der Waals surface area (Å²) in [5.41, 5.74) is 0.629. The maximum absolute atomic E-state index is 12.1. The third-order valence-electron chi connectivity index (χ3n) is 3.59. The van der Waals surface area contributed by atoms with Crippen molar-refractivity contribution in [2.75, 3.05) is 31.3 Å². The zero-order valence-electron chi connectivity index (χ0n) is 13.4. The monoisotopic (exact) mass is 341 g/mol. The molecule has 2 N–H and O–H groups in total. The minimum Gasteiger partial charge on any atom is -0.494 e. The van der Waals surface area contributed by atoms with Crippen LogP contribution in [0.15, 0.2) is 24.3 Å². The van der Waals surface area contributed by atoms with Crippen molar-refractivity contribution in [3.63, 3.8) is 0 Å². The number of anilines is 1. The number of urea groups is 1. The number of ether oxygens (including phenoxy) is 1. The Morgan fingerprint density at radius 1 is 1.43 bits per heavy atom. The highest BCUT2D eigenvalue weighted by atomic mass is 32.2. The number of hydrogen-bond donors (Lipinski definition) is 2. The van der Waals surface area contributed by atoms with Gasteiger partial charge in [-0.1, -0.05) is 6.07 Å². The lowest BCUT2D eigenvalue weighted by Crippen LogP contribution is -2.50. The third-order valence-corrected chi connectivity index (χ3v) is 4.86. The number of rotatable bonds is 5. The summed E-state index contributed by atoms with van der Waals surface area (Å²) in [6, 6.07) is 6.59. The van der Waals surface area contributed by atoms with E-state index in [-0.39, 0.29) is 12.1 Å². The second-order valence-corrected chi connectivity index (χ2v) is 7.50. The predicted molar refractivity (Wildman–Crippen MR) is 89.2 cm³/mol. The predicted octanol–water partition coefficient (Wildman–Crippen LogP) is 1.63. The first kappa shape index (κ1) is 17.6. The molecule has 2 rings (SSSR count). The molecule has 1 aromatic rings. The lowest BCUT2D eigenvalue weighted by molar-refractivity contribution is 0.236. The van der Waals surface area contributed by atoms with E-state index in [9.17, 15) is 13.2 Å². The normalized spacial score (nSPS) is 19.1. The van der Waals surface area contributed by atoms with Crippen LogP contribution in [0.3, 0.4) is 0 Å². The van der Waals surface area contributed by atoms with Crippen LogP contribution in [0.1, 0.15) is 19.8 Å². The summed E-state index contributed by atoms with van der Waals surface area (Å²) in [6.07, 6.45) is 2.69. The molecule has 1 unspecified atom stereocenters. The molecule has 0 bridgehead atoms. The Balaban J connectivity index is 1.90. The molecule has 8 heteroatoms. The first-order chi connectivity index (χ1) is 10.9. The van der Waals surface area contributed by atoms with Crippen LogP contribution < -0.4 is 15.4 Å². The van der Waals surface area contributed by atoms with Crippen molar-refractivity contribution >= 4 is 21.7 Å². The lowest BCUT2D eigenvalue weighted by Gasteiger charge is -2.31. The molecule has 7 nitrogen and oxygen atoms in total. The molecule has 0 aromatic heterocycles. The van der Waals surface area contributed by atoms with Gasteiger partial charge in [-0.15, -0.1) is 0 Å². The summed E-state index contributed by atoms with van der Waals surface area (Å²) in [5, 5.41) is 5.57. The highest BCUT2D eigenvalue weighted by molar-refractivity contribution is 7.88. The van der Waals surface area contributed by atoms with E-state index in [0.29, 0.717) is 31.1 Å². The van der Waals surface area contributed by atoms with Crippen molar-refractivity contribution in [2.24, 2.45) is 0 Å². The summed E-state index contributed by atoms with van der Waals surface area (Å²) in [7, 11) is -3.22. The van der Waals surface area contributed by atoms with Gasteiger partial charge in [0.2, 0.25) is 10.0 Å². The molecule has 1 aliphatic rings. The largest absolute Gasteiger partial charge is 0.494 e. The number of piperidine rings is 1. The van der Waals surface area contributed by atoms with Crippen LogP contribution >= 0.6 is 0 Å². The number of nitrogens with zero attached hydrogens (tertiary/aromatic N) is 1. The Kier molecular flexibility index (Phi) is 5.84. The minimum atomic E-state index is -3.22. The summed E-state index contributed by atoms with van der Waals surface area (Å²) < 4.78 is 30.0. The standard InChI is InChI=1S/C15H23N3O4S/c1-3-22-14-8-4-6-12(10-14)16-15(19)17-13-7-5-9-18(11-13)23(2,20)21/h4,6,8,10,13H,3,5,7,9,11H2,1-2H3,(H2,16,17,19). The molecular weight excluding hydrogens is 318 g/mol. The van der Waals surface area contributed by atoms with Gasteiger partial charge in [0.15, 0.2) is 0 Å². The molecule has 1 aromatic carbocycles. The van der Waals surface area contributed by atoms with E-state index >= 15 is 0 Å². The van der Waals surface area contributed by atoms with Gasteiger partial charge in [0, 0.05) is 30.9 Å². The van der Waals surface area contributed by atoms with Gasteiger partial charge in [0.05, 0.1) is 12.9 Å². The van der Waals surface area contributed by atoms with Crippen LogP contribution in [0.4, 0.5) is 10.5 Å². The zero-order chi connectivity index (χ0) is 16.9. The molecule has 0 spiro atoms. The van der Waals surface area contributed by atoms with Crippen LogP contribution in [0.5, 0.6) is 5.75 Å². The Hall–Kier alpha value is -1.80. The number of carbonyl (C=O) groups excluding carboxylic acids is 1. The fourth-order valence-electron chi connectivity index (χ4n) is 2.54. The molecule has 0 radical (unpaired) electrons. The molecule has 0 saturated carbocycles. The molecule has 1 atom stereocenters. The van der Waals surface area contributed by atoms with Gasteiger partial charge in [-0.3, -0.25) is 0 Å². The van der Waals surface area contributed by atoms with Crippen molar-refractivity contribution < 1.29 is 17.9 Å². The Labute approximate surface area is 137 Å². The smallest absolute Gasteiger partial charge is 0.319 e. The third kappa shape index (κ3) is 5.40. The van der Waals surface area contributed by atoms with E-state index in [1.54, 1.807) is 18.2 Å². The SMILES string of the molecule is CCOc1cccc(NC(=O)NC2CCCN(S(C)(=O)=O)C2)c1. The first-order valence-electron chi connectivity index (χ1n) is 7.64. The van der Waals surface area contributed by atoms with Crippen molar-refractivity contribution in [3.8, 4) is 5.75 Å². The zero-order valence-corrected chi connectivity index (χ0v) is 14.2. The maximum atomic E-state index is 12.1. The first-order valence-corrected chi connectivity index (χ1v) is 9.49. The highest BCUT2D eigenvalue weighted by Crippen LogP contribution is 2.18. The van der Waals surface area contributed by atoms with Crippen LogP contribution in [-0.2, 0) is 10.0 Å². The summed E-state index contributed by atoms with van der Waals surface area (Å²) in [4.78, 5) is 12.1. The van der Waals surface area contributed by atoms with Crippen LogP contribution in [0.2, 0.25) is 0 Å². The molecule has 1 saturated heterocycles. The van der Waals surface area contributed by atoms with Gasteiger partial charge in [0.25, 0.3) is 0 Å². The molecule has 1 aliphatic heterocycles. The molecule has 1 fully saturated rings. The molecule has 128 valence electrons. The van der Waals surface area contributed by atoms with Crippen molar-refractivity contribution in [1.29, 1.82) is 0 Å². The quantitative estimate of drug-likeness (QED) is 0.852. The average molecular weight is 341 g/mol. The van der Waals surface area contributed by atoms with Crippen LogP contribution in [0.25, 0.3) is 0 Å². The van der Waals surface area contributed by atoms with Gasteiger partial charge in [-0.05, 0) is 31.9 Å². The number of amides is 2. The highest BCUT2D eigenvalue weighted by Gasteiger charge is 2.26. The Bertz CT molecular complexity index is 648. The number of hydrogen-bond acceptors (Lipinski definition) is 4.